The molecule has 1 aliphatic carbocycles. The summed E-state index contributed by atoms with van der Waals surface area (Å²) in [4.78, 5) is 5.37. The molecule has 1 fully saturated rings. The van der Waals surface area contributed by atoms with Gasteiger partial charge in [-0.15, -0.1) is 11.3 Å². The van der Waals surface area contributed by atoms with E-state index in [1.165, 1.54) is 24.1 Å². The van der Waals surface area contributed by atoms with E-state index in [4.69, 9.17) is 0 Å². The lowest BCUT2D eigenvalue weighted by Gasteiger charge is -2.26. The van der Waals surface area contributed by atoms with Gasteiger partial charge in [-0.2, -0.15) is 0 Å². The fraction of sp³-hybridized carbons (Fsp3) is 0.625. The summed E-state index contributed by atoms with van der Waals surface area (Å²) in [6, 6.07) is 0.789. The predicted molar refractivity (Wildman–Crippen MR) is 46.6 cm³/mol. The second-order valence-corrected chi connectivity index (χ2v) is 3.95. The SMILES string of the molecule is c1ncc(CNC2CCC2)s1. The van der Waals surface area contributed by atoms with Crippen molar-refractivity contribution in [3.63, 3.8) is 0 Å². The summed E-state index contributed by atoms with van der Waals surface area (Å²) in [5.74, 6) is 0. The van der Waals surface area contributed by atoms with Crippen LogP contribution in [0.1, 0.15) is 24.1 Å². The summed E-state index contributed by atoms with van der Waals surface area (Å²) in [6.45, 7) is 1.01. The zero-order chi connectivity index (χ0) is 7.52. The second kappa shape index (κ2) is 3.32. The van der Waals surface area contributed by atoms with Gasteiger partial charge in [0.05, 0.1) is 5.51 Å². The van der Waals surface area contributed by atoms with Gasteiger partial charge in [-0.25, -0.2) is 0 Å². The van der Waals surface area contributed by atoms with Gasteiger partial charge in [0.2, 0.25) is 0 Å². The molecule has 0 amide bonds. The van der Waals surface area contributed by atoms with Gasteiger partial charge < -0.3 is 5.32 Å². The van der Waals surface area contributed by atoms with Crippen LogP contribution in [-0.4, -0.2) is 11.0 Å². The number of hydrogen-bond acceptors (Lipinski definition) is 3. The van der Waals surface area contributed by atoms with E-state index in [-0.39, 0.29) is 0 Å². The fourth-order valence-corrected chi connectivity index (χ4v) is 1.73. The highest BCUT2D eigenvalue weighted by Crippen LogP contribution is 2.18. The van der Waals surface area contributed by atoms with Crippen molar-refractivity contribution in [2.45, 2.75) is 31.8 Å². The van der Waals surface area contributed by atoms with Crippen molar-refractivity contribution >= 4 is 11.3 Å². The van der Waals surface area contributed by atoms with E-state index in [1.807, 2.05) is 11.7 Å². The van der Waals surface area contributed by atoms with E-state index in [0.29, 0.717) is 0 Å². The van der Waals surface area contributed by atoms with Crippen molar-refractivity contribution in [2.24, 2.45) is 0 Å². The average Bonchev–Trinajstić information content (AvgIpc) is 2.36. The maximum absolute atomic E-state index is 4.02. The van der Waals surface area contributed by atoms with E-state index in [0.717, 1.165) is 12.6 Å². The lowest BCUT2D eigenvalue weighted by Crippen LogP contribution is -2.34. The molecule has 0 saturated heterocycles. The molecular weight excluding hydrogens is 156 g/mol. The zero-order valence-corrected chi connectivity index (χ0v) is 7.23. The Kier molecular flexibility index (Phi) is 2.19. The maximum atomic E-state index is 4.02. The maximum Gasteiger partial charge on any atom is 0.0794 e. The monoisotopic (exact) mass is 168 g/mol. The molecule has 0 radical (unpaired) electrons. The van der Waals surface area contributed by atoms with Gasteiger partial charge in [-0.3, -0.25) is 4.98 Å². The molecule has 1 aromatic heterocycles. The van der Waals surface area contributed by atoms with Crippen LogP contribution in [0, 0.1) is 0 Å². The minimum Gasteiger partial charge on any atom is -0.309 e. The Bertz CT molecular complexity index is 204. The summed E-state index contributed by atoms with van der Waals surface area (Å²) < 4.78 is 0. The molecule has 0 unspecified atom stereocenters. The van der Waals surface area contributed by atoms with Crippen LogP contribution in [0.25, 0.3) is 0 Å². The summed E-state index contributed by atoms with van der Waals surface area (Å²) >= 11 is 1.73. The van der Waals surface area contributed by atoms with Crippen LogP contribution in [0.3, 0.4) is 0 Å². The molecule has 2 rings (SSSR count). The Hall–Kier alpha value is -0.410. The van der Waals surface area contributed by atoms with Crippen LogP contribution >= 0.6 is 11.3 Å². The Balaban J connectivity index is 1.74. The molecule has 0 atom stereocenters. The fourth-order valence-electron chi connectivity index (χ4n) is 1.19. The lowest BCUT2D eigenvalue weighted by molar-refractivity contribution is 0.339. The van der Waals surface area contributed by atoms with E-state index in [1.54, 1.807) is 11.3 Å². The molecule has 2 nitrogen and oxygen atoms in total. The molecule has 0 spiro atoms. The van der Waals surface area contributed by atoms with Gasteiger partial charge in [-0.05, 0) is 12.8 Å². The highest BCUT2D eigenvalue weighted by atomic mass is 32.1. The van der Waals surface area contributed by atoms with Gasteiger partial charge in [0.15, 0.2) is 0 Å². The Morgan fingerprint density at radius 2 is 2.55 bits per heavy atom. The third kappa shape index (κ3) is 1.79. The number of hydrogen-bond donors (Lipinski definition) is 1. The van der Waals surface area contributed by atoms with Crippen molar-refractivity contribution in [1.29, 1.82) is 0 Å². The summed E-state index contributed by atoms with van der Waals surface area (Å²) in [6.07, 6.45) is 6.06. The molecule has 3 heteroatoms. The molecule has 11 heavy (non-hydrogen) atoms. The van der Waals surface area contributed by atoms with Crippen LogP contribution in [0.2, 0.25) is 0 Å². The minimum absolute atomic E-state index is 0.789. The second-order valence-electron chi connectivity index (χ2n) is 2.98. The lowest BCUT2D eigenvalue weighted by atomic mass is 9.93. The summed E-state index contributed by atoms with van der Waals surface area (Å²) in [5, 5.41) is 3.49. The van der Waals surface area contributed by atoms with Crippen molar-refractivity contribution in [1.82, 2.24) is 10.3 Å². The van der Waals surface area contributed by atoms with Gasteiger partial charge in [0.1, 0.15) is 0 Å². The quantitative estimate of drug-likeness (QED) is 0.744. The Labute approximate surface area is 70.7 Å². The molecule has 1 aromatic rings. The number of thiazole rings is 1. The van der Waals surface area contributed by atoms with Gasteiger partial charge in [0.25, 0.3) is 0 Å². The largest absolute Gasteiger partial charge is 0.309 e. The number of rotatable bonds is 3. The molecule has 0 bridgehead atoms. The van der Waals surface area contributed by atoms with Gasteiger partial charge in [-0.1, -0.05) is 6.42 Å². The highest BCUT2D eigenvalue weighted by Gasteiger charge is 2.15. The standard InChI is InChI=1S/C8H12N2S/c1-2-7(3-1)10-5-8-4-9-6-11-8/h4,6-7,10H,1-3,5H2. The normalized spacial score (nSPS) is 18.2. The van der Waals surface area contributed by atoms with Crippen molar-refractivity contribution in [2.75, 3.05) is 0 Å². The smallest absolute Gasteiger partial charge is 0.0794 e. The number of nitrogens with one attached hydrogen (secondary N) is 1. The first kappa shape index (κ1) is 7.25. The first-order chi connectivity index (χ1) is 5.45. The zero-order valence-electron chi connectivity index (χ0n) is 6.42. The van der Waals surface area contributed by atoms with Crippen LogP contribution < -0.4 is 5.32 Å². The molecule has 1 N–H and O–H groups in total. The third-order valence-electron chi connectivity index (χ3n) is 2.15. The van der Waals surface area contributed by atoms with Gasteiger partial charge in [0, 0.05) is 23.7 Å². The topological polar surface area (TPSA) is 24.9 Å². The summed E-state index contributed by atoms with van der Waals surface area (Å²) in [5.41, 5.74) is 1.89. The van der Waals surface area contributed by atoms with Crippen LogP contribution in [-0.2, 0) is 6.54 Å². The van der Waals surface area contributed by atoms with Gasteiger partial charge >= 0.3 is 0 Å². The first-order valence-corrected chi connectivity index (χ1v) is 4.94. The molecule has 60 valence electrons. The Morgan fingerprint density at radius 1 is 1.64 bits per heavy atom. The van der Waals surface area contributed by atoms with E-state index < -0.39 is 0 Å². The number of aromatic nitrogens is 1. The van der Waals surface area contributed by atoms with Crippen LogP contribution in [0.4, 0.5) is 0 Å². The highest BCUT2D eigenvalue weighted by molar-refractivity contribution is 7.09. The number of nitrogens with zero attached hydrogens (tertiary/aromatic N) is 1. The summed E-state index contributed by atoms with van der Waals surface area (Å²) in [7, 11) is 0. The van der Waals surface area contributed by atoms with Crippen molar-refractivity contribution in [3.05, 3.63) is 16.6 Å². The van der Waals surface area contributed by atoms with E-state index in [9.17, 15) is 0 Å². The van der Waals surface area contributed by atoms with Crippen molar-refractivity contribution in [3.8, 4) is 0 Å². The van der Waals surface area contributed by atoms with E-state index >= 15 is 0 Å². The molecule has 0 aliphatic heterocycles. The molecule has 1 aliphatic rings. The first-order valence-electron chi connectivity index (χ1n) is 4.06. The minimum atomic E-state index is 0.789. The molecule has 1 saturated carbocycles. The average molecular weight is 168 g/mol. The molecule has 1 heterocycles. The molecular formula is C8H12N2S. The third-order valence-corrected chi connectivity index (χ3v) is 2.93. The van der Waals surface area contributed by atoms with E-state index in [2.05, 4.69) is 10.3 Å². The van der Waals surface area contributed by atoms with Crippen LogP contribution in [0.5, 0.6) is 0 Å². The van der Waals surface area contributed by atoms with Crippen LogP contribution in [0.15, 0.2) is 11.7 Å². The predicted octanol–water partition coefficient (Wildman–Crippen LogP) is 1.79. The van der Waals surface area contributed by atoms with Crippen molar-refractivity contribution < 1.29 is 0 Å². The molecule has 0 aromatic carbocycles. The Morgan fingerprint density at radius 3 is 3.09 bits per heavy atom.